The van der Waals surface area contributed by atoms with Crippen LogP contribution >= 0.6 is 15.9 Å². The Morgan fingerprint density at radius 1 is 1.21 bits per heavy atom. The molecule has 0 aromatic heterocycles. The third-order valence-electron chi connectivity index (χ3n) is 3.43. The lowest BCUT2D eigenvalue weighted by atomic mass is 10.2. The summed E-state index contributed by atoms with van der Waals surface area (Å²) in [5, 5.41) is 2.80. The van der Waals surface area contributed by atoms with E-state index in [1.807, 2.05) is 31.2 Å². The number of methoxy groups -OCH3 is 1. The van der Waals surface area contributed by atoms with Crippen LogP contribution in [0, 0.1) is 6.92 Å². The Bertz CT molecular complexity index is 762. The molecule has 0 atom stereocenters. The highest BCUT2D eigenvalue weighted by Gasteiger charge is 2.17. The Balaban J connectivity index is 2.17. The van der Waals surface area contributed by atoms with Crippen LogP contribution in [0.2, 0.25) is 0 Å². The molecule has 126 valence electrons. The molecule has 0 heterocycles. The van der Waals surface area contributed by atoms with Crippen molar-refractivity contribution >= 4 is 39.1 Å². The summed E-state index contributed by atoms with van der Waals surface area (Å²) in [6.45, 7) is 3.28. The van der Waals surface area contributed by atoms with E-state index in [1.165, 1.54) is 11.8 Å². The first-order chi connectivity index (χ1) is 11.4. The second-order valence-electron chi connectivity index (χ2n) is 5.34. The van der Waals surface area contributed by atoms with Gasteiger partial charge in [0, 0.05) is 17.1 Å². The van der Waals surface area contributed by atoms with Crippen molar-refractivity contribution in [3.8, 4) is 5.75 Å². The summed E-state index contributed by atoms with van der Waals surface area (Å²) in [6, 6.07) is 12.8. The Morgan fingerprint density at radius 3 is 2.58 bits per heavy atom. The van der Waals surface area contributed by atoms with Gasteiger partial charge in [-0.15, -0.1) is 0 Å². The molecule has 0 aliphatic carbocycles. The second-order valence-corrected chi connectivity index (χ2v) is 6.25. The van der Waals surface area contributed by atoms with Gasteiger partial charge in [-0.25, -0.2) is 0 Å². The molecule has 2 aromatic rings. The van der Waals surface area contributed by atoms with E-state index in [0.717, 1.165) is 10.0 Å². The SMILES string of the molecule is COc1ccc(C)cc1NC(=O)CN(C(C)=O)c1cccc(Br)c1. The molecular formula is C18H19BrN2O3. The van der Waals surface area contributed by atoms with Crippen molar-refractivity contribution in [1.29, 1.82) is 0 Å². The van der Waals surface area contributed by atoms with Gasteiger partial charge in [0.05, 0.1) is 12.8 Å². The van der Waals surface area contributed by atoms with E-state index in [-0.39, 0.29) is 18.4 Å². The van der Waals surface area contributed by atoms with Gasteiger partial charge in [-0.2, -0.15) is 0 Å². The summed E-state index contributed by atoms with van der Waals surface area (Å²) >= 11 is 3.37. The quantitative estimate of drug-likeness (QED) is 0.845. The molecule has 5 nitrogen and oxygen atoms in total. The van der Waals surface area contributed by atoms with Crippen LogP contribution in [0.1, 0.15) is 12.5 Å². The van der Waals surface area contributed by atoms with Crippen LogP contribution in [0.15, 0.2) is 46.9 Å². The maximum atomic E-state index is 12.4. The summed E-state index contributed by atoms with van der Waals surface area (Å²) in [6.07, 6.45) is 0. The second kappa shape index (κ2) is 7.97. The van der Waals surface area contributed by atoms with Gasteiger partial charge in [0.15, 0.2) is 0 Å². The lowest BCUT2D eigenvalue weighted by Crippen LogP contribution is -2.36. The van der Waals surface area contributed by atoms with Crippen LogP contribution < -0.4 is 15.0 Å². The first kappa shape index (κ1) is 18.0. The lowest BCUT2D eigenvalue weighted by Gasteiger charge is -2.21. The van der Waals surface area contributed by atoms with Crippen molar-refractivity contribution < 1.29 is 14.3 Å². The molecule has 0 aliphatic rings. The largest absolute Gasteiger partial charge is 0.495 e. The number of amides is 2. The van der Waals surface area contributed by atoms with E-state index in [0.29, 0.717) is 17.1 Å². The highest BCUT2D eigenvalue weighted by atomic mass is 79.9. The van der Waals surface area contributed by atoms with Gasteiger partial charge in [-0.05, 0) is 42.8 Å². The molecule has 0 radical (unpaired) electrons. The molecule has 0 saturated carbocycles. The number of hydrogen-bond acceptors (Lipinski definition) is 3. The van der Waals surface area contributed by atoms with Crippen molar-refractivity contribution in [2.75, 3.05) is 23.9 Å². The summed E-state index contributed by atoms with van der Waals surface area (Å²) in [5.41, 5.74) is 2.24. The van der Waals surface area contributed by atoms with Gasteiger partial charge in [-0.1, -0.05) is 28.1 Å². The fraction of sp³-hybridized carbons (Fsp3) is 0.222. The molecular weight excluding hydrogens is 372 g/mol. The van der Waals surface area contributed by atoms with Crippen LogP contribution in [0.4, 0.5) is 11.4 Å². The van der Waals surface area contributed by atoms with E-state index in [4.69, 9.17) is 4.74 Å². The Hall–Kier alpha value is -2.34. The van der Waals surface area contributed by atoms with Crippen molar-refractivity contribution in [1.82, 2.24) is 0 Å². The molecule has 2 amide bonds. The first-order valence-electron chi connectivity index (χ1n) is 7.39. The minimum Gasteiger partial charge on any atom is -0.495 e. The van der Waals surface area contributed by atoms with Gasteiger partial charge < -0.3 is 15.0 Å². The van der Waals surface area contributed by atoms with E-state index < -0.39 is 0 Å². The average molecular weight is 391 g/mol. The molecule has 6 heteroatoms. The number of halogens is 1. The Morgan fingerprint density at radius 2 is 1.96 bits per heavy atom. The molecule has 1 N–H and O–H groups in total. The number of benzene rings is 2. The fourth-order valence-corrected chi connectivity index (χ4v) is 2.67. The summed E-state index contributed by atoms with van der Waals surface area (Å²) in [5.74, 6) is 0.0688. The monoisotopic (exact) mass is 390 g/mol. The van der Waals surface area contributed by atoms with Gasteiger partial charge >= 0.3 is 0 Å². The molecule has 0 saturated heterocycles. The standard InChI is InChI=1S/C18H19BrN2O3/c1-12-7-8-17(24-3)16(9-12)20-18(23)11-21(13(2)22)15-6-4-5-14(19)10-15/h4-10H,11H2,1-3H3,(H,20,23). The first-order valence-corrected chi connectivity index (χ1v) is 8.18. The number of nitrogens with zero attached hydrogens (tertiary/aromatic N) is 1. The zero-order valence-corrected chi connectivity index (χ0v) is 15.4. The van der Waals surface area contributed by atoms with Crippen molar-refractivity contribution in [3.63, 3.8) is 0 Å². The molecule has 0 unspecified atom stereocenters. The normalized spacial score (nSPS) is 10.2. The number of ether oxygens (including phenoxy) is 1. The van der Waals surface area contributed by atoms with Crippen LogP contribution in [-0.4, -0.2) is 25.5 Å². The van der Waals surface area contributed by atoms with Gasteiger partial charge in [0.1, 0.15) is 12.3 Å². The number of nitrogens with one attached hydrogen (secondary N) is 1. The summed E-state index contributed by atoms with van der Waals surface area (Å²) in [4.78, 5) is 25.7. The molecule has 24 heavy (non-hydrogen) atoms. The van der Waals surface area contributed by atoms with E-state index in [1.54, 1.807) is 25.3 Å². The van der Waals surface area contributed by atoms with Crippen LogP contribution in [-0.2, 0) is 9.59 Å². The molecule has 0 spiro atoms. The molecule has 2 rings (SSSR count). The van der Waals surface area contributed by atoms with E-state index in [9.17, 15) is 9.59 Å². The maximum Gasteiger partial charge on any atom is 0.244 e. The fourth-order valence-electron chi connectivity index (χ4n) is 2.28. The minimum atomic E-state index is -0.297. The highest BCUT2D eigenvalue weighted by molar-refractivity contribution is 9.10. The van der Waals surface area contributed by atoms with Crippen molar-refractivity contribution in [2.45, 2.75) is 13.8 Å². The predicted molar refractivity (Wildman–Crippen MR) is 98.5 cm³/mol. The smallest absolute Gasteiger partial charge is 0.244 e. The molecule has 0 bridgehead atoms. The van der Waals surface area contributed by atoms with Crippen LogP contribution in [0.3, 0.4) is 0 Å². The Labute approximate surface area is 149 Å². The number of carbonyl (C=O) groups excluding carboxylic acids is 2. The lowest BCUT2D eigenvalue weighted by molar-refractivity contribution is -0.120. The van der Waals surface area contributed by atoms with E-state index in [2.05, 4.69) is 21.2 Å². The maximum absolute atomic E-state index is 12.4. The van der Waals surface area contributed by atoms with Crippen molar-refractivity contribution in [3.05, 3.63) is 52.5 Å². The third-order valence-corrected chi connectivity index (χ3v) is 3.92. The number of anilines is 2. The topological polar surface area (TPSA) is 58.6 Å². The molecule has 2 aromatic carbocycles. The van der Waals surface area contributed by atoms with E-state index >= 15 is 0 Å². The predicted octanol–water partition coefficient (Wildman–Crippen LogP) is 3.76. The van der Waals surface area contributed by atoms with Crippen LogP contribution in [0.5, 0.6) is 5.75 Å². The van der Waals surface area contributed by atoms with Gasteiger partial charge in [0.2, 0.25) is 11.8 Å². The molecule has 0 aliphatic heterocycles. The number of carbonyl (C=O) groups is 2. The summed E-state index contributed by atoms with van der Waals surface area (Å²) < 4.78 is 6.09. The minimum absolute atomic E-state index is 0.0805. The van der Waals surface area contributed by atoms with Gasteiger partial charge in [-0.3, -0.25) is 9.59 Å². The van der Waals surface area contributed by atoms with Crippen molar-refractivity contribution in [2.24, 2.45) is 0 Å². The average Bonchev–Trinajstić information content (AvgIpc) is 2.52. The van der Waals surface area contributed by atoms with Crippen LogP contribution in [0.25, 0.3) is 0 Å². The van der Waals surface area contributed by atoms with Gasteiger partial charge in [0.25, 0.3) is 0 Å². The summed E-state index contributed by atoms with van der Waals surface area (Å²) in [7, 11) is 1.55. The Kier molecular flexibility index (Phi) is 5.98. The third kappa shape index (κ3) is 4.58. The zero-order chi connectivity index (χ0) is 17.7. The zero-order valence-electron chi connectivity index (χ0n) is 13.8. The number of rotatable bonds is 5. The number of hydrogen-bond donors (Lipinski definition) is 1. The number of aryl methyl sites for hydroxylation is 1. The highest BCUT2D eigenvalue weighted by Crippen LogP contribution is 2.25. The molecule has 0 fully saturated rings.